The minimum atomic E-state index is 0.0825. The number of ether oxygens (including phenoxy) is 2. The topological polar surface area (TPSA) is 41.9 Å². The molecular weight excluding hydrogens is 338 g/mol. The van der Waals surface area contributed by atoms with Crippen LogP contribution in [0.4, 0.5) is 0 Å². The minimum Gasteiger partial charge on any atom is -0.493 e. The van der Waals surface area contributed by atoms with Crippen LogP contribution in [0.15, 0.2) is 48.5 Å². The maximum absolute atomic E-state index is 9.29. The smallest absolute Gasteiger partial charge is 0.161 e. The standard InChI is InChI=1S/C23H25NO3/c1-26-22-11-20-7-8-24(14-21(20)12-23(22)27-2)13-16-3-5-19-10-17(15-25)4-6-18(19)9-16/h3-6,9-12,25H,7-8,13-15H2,1-2H3. The van der Waals surface area contributed by atoms with Gasteiger partial charge in [-0.2, -0.15) is 0 Å². The van der Waals surface area contributed by atoms with Crippen molar-refractivity contribution in [2.24, 2.45) is 0 Å². The zero-order valence-electron chi connectivity index (χ0n) is 15.9. The number of rotatable bonds is 5. The number of methoxy groups -OCH3 is 2. The molecule has 0 saturated heterocycles. The van der Waals surface area contributed by atoms with Crippen LogP contribution in [0, 0.1) is 0 Å². The predicted octanol–water partition coefficient (Wildman–Crippen LogP) is 3.91. The lowest BCUT2D eigenvalue weighted by Gasteiger charge is -2.29. The van der Waals surface area contributed by atoms with Gasteiger partial charge in [0.25, 0.3) is 0 Å². The lowest BCUT2D eigenvalue weighted by molar-refractivity contribution is 0.244. The van der Waals surface area contributed by atoms with Gasteiger partial charge in [-0.05, 0) is 63.7 Å². The average molecular weight is 363 g/mol. The number of nitrogens with zero attached hydrogens (tertiary/aromatic N) is 1. The highest BCUT2D eigenvalue weighted by atomic mass is 16.5. The minimum absolute atomic E-state index is 0.0825. The highest BCUT2D eigenvalue weighted by Gasteiger charge is 2.19. The first-order chi connectivity index (χ1) is 13.2. The summed E-state index contributed by atoms with van der Waals surface area (Å²) in [4.78, 5) is 2.47. The maximum Gasteiger partial charge on any atom is 0.161 e. The molecule has 1 aliphatic rings. The molecule has 1 heterocycles. The first-order valence-electron chi connectivity index (χ1n) is 9.28. The second-order valence-corrected chi connectivity index (χ2v) is 7.11. The van der Waals surface area contributed by atoms with Gasteiger partial charge >= 0.3 is 0 Å². The van der Waals surface area contributed by atoms with E-state index in [-0.39, 0.29) is 6.61 Å². The Hall–Kier alpha value is -2.56. The Morgan fingerprint density at radius 3 is 2.15 bits per heavy atom. The van der Waals surface area contributed by atoms with Crippen molar-refractivity contribution < 1.29 is 14.6 Å². The number of fused-ring (bicyclic) bond motifs is 2. The molecule has 27 heavy (non-hydrogen) atoms. The second-order valence-electron chi connectivity index (χ2n) is 7.11. The van der Waals surface area contributed by atoms with Crippen LogP contribution in [0.2, 0.25) is 0 Å². The SMILES string of the molecule is COc1cc2c(cc1OC)CN(Cc1ccc3cc(CO)ccc3c1)CC2. The summed E-state index contributed by atoms with van der Waals surface area (Å²) >= 11 is 0. The quantitative estimate of drug-likeness (QED) is 0.746. The van der Waals surface area contributed by atoms with Gasteiger partial charge in [-0.1, -0.05) is 24.3 Å². The summed E-state index contributed by atoms with van der Waals surface area (Å²) in [7, 11) is 3.37. The van der Waals surface area contributed by atoms with Gasteiger partial charge < -0.3 is 14.6 Å². The van der Waals surface area contributed by atoms with E-state index in [1.54, 1.807) is 14.2 Å². The number of benzene rings is 3. The third-order valence-electron chi connectivity index (χ3n) is 5.35. The molecule has 0 spiro atoms. The summed E-state index contributed by atoms with van der Waals surface area (Å²) in [5.41, 5.74) is 4.92. The highest BCUT2D eigenvalue weighted by molar-refractivity contribution is 5.83. The van der Waals surface area contributed by atoms with Crippen molar-refractivity contribution in [2.45, 2.75) is 26.1 Å². The Kier molecular flexibility index (Phi) is 5.01. The van der Waals surface area contributed by atoms with Gasteiger partial charge in [0.15, 0.2) is 11.5 Å². The summed E-state index contributed by atoms with van der Waals surface area (Å²) in [6, 6.07) is 16.9. The van der Waals surface area contributed by atoms with Crippen molar-refractivity contribution in [3.05, 3.63) is 70.8 Å². The van der Waals surface area contributed by atoms with E-state index in [2.05, 4.69) is 47.4 Å². The second kappa shape index (κ2) is 7.59. The summed E-state index contributed by atoms with van der Waals surface area (Å²) in [6.45, 7) is 2.95. The third kappa shape index (κ3) is 3.64. The third-order valence-corrected chi connectivity index (χ3v) is 5.35. The molecule has 0 atom stereocenters. The fraction of sp³-hybridized carbons (Fsp3) is 0.304. The number of hydrogen-bond acceptors (Lipinski definition) is 4. The first-order valence-corrected chi connectivity index (χ1v) is 9.28. The zero-order valence-corrected chi connectivity index (χ0v) is 15.9. The van der Waals surface area contributed by atoms with E-state index in [9.17, 15) is 5.11 Å². The van der Waals surface area contributed by atoms with Gasteiger partial charge in [0.2, 0.25) is 0 Å². The summed E-state index contributed by atoms with van der Waals surface area (Å²) in [5.74, 6) is 1.60. The van der Waals surface area contributed by atoms with Crippen LogP contribution >= 0.6 is 0 Å². The van der Waals surface area contributed by atoms with Crippen LogP contribution in [0.1, 0.15) is 22.3 Å². The Morgan fingerprint density at radius 1 is 0.852 bits per heavy atom. The van der Waals surface area contributed by atoms with Crippen molar-refractivity contribution in [2.75, 3.05) is 20.8 Å². The molecule has 140 valence electrons. The summed E-state index contributed by atoms with van der Waals surface area (Å²) in [5, 5.41) is 11.7. The molecule has 0 saturated carbocycles. The van der Waals surface area contributed by atoms with Gasteiger partial charge in [-0.25, -0.2) is 0 Å². The predicted molar refractivity (Wildman–Crippen MR) is 107 cm³/mol. The van der Waals surface area contributed by atoms with Crippen molar-refractivity contribution >= 4 is 10.8 Å². The Balaban J connectivity index is 1.53. The molecule has 0 aromatic heterocycles. The van der Waals surface area contributed by atoms with Crippen LogP contribution in [0.5, 0.6) is 11.5 Å². The number of aliphatic hydroxyl groups is 1. The zero-order chi connectivity index (χ0) is 18.8. The van der Waals surface area contributed by atoms with E-state index < -0.39 is 0 Å². The molecule has 4 rings (SSSR count). The van der Waals surface area contributed by atoms with E-state index >= 15 is 0 Å². The van der Waals surface area contributed by atoms with Crippen molar-refractivity contribution in [1.82, 2.24) is 4.90 Å². The molecule has 0 unspecified atom stereocenters. The lowest BCUT2D eigenvalue weighted by atomic mass is 9.98. The van der Waals surface area contributed by atoms with Gasteiger partial charge in [-0.15, -0.1) is 0 Å². The molecule has 3 aromatic rings. The maximum atomic E-state index is 9.29. The molecular formula is C23H25NO3. The fourth-order valence-corrected chi connectivity index (χ4v) is 3.88. The van der Waals surface area contributed by atoms with Crippen molar-refractivity contribution in [3.63, 3.8) is 0 Å². The van der Waals surface area contributed by atoms with E-state index in [1.165, 1.54) is 27.5 Å². The Labute approximate surface area is 160 Å². The Morgan fingerprint density at radius 2 is 1.48 bits per heavy atom. The molecule has 0 bridgehead atoms. The molecule has 4 heteroatoms. The number of hydrogen-bond donors (Lipinski definition) is 1. The Bertz CT molecular complexity index is 967. The summed E-state index contributed by atoms with van der Waals surface area (Å²) < 4.78 is 10.9. The number of aliphatic hydroxyl groups excluding tert-OH is 1. The van der Waals surface area contributed by atoms with E-state index in [0.717, 1.165) is 43.1 Å². The molecule has 3 aromatic carbocycles. The average Bonchev–Trinajstić information content (AvgIpc) is 2.72. The van der Waals surface area contributed by atoms with Crippen LogP contribution < -0.4 is 9.47 Å². The largest absolute Gasteiger partial charge is 0.493 e. The monoisotopic (exact) mass is 363 g/mol. The van der Waals surface area contributed by atoms with Gasteiger partial charge in [0.05, 0.1) is 20.8 Å². The highest BCUT2D eigenvalue weighted by Crippen LogP contribution is 2.33. The normalized spacial score (nSPS) is 14.2. The van der Waals surface area contributed by atoms with E-state index in [1.807, 2.05) is 6.07 Å². The van der Waals surface area contributed by atoms with Crippen LogP contribution in [0.3, 0.4) is 0 Å². The molecule has 1 aliphatic heterocycles. The molecule has 0 radical (unpaired) electrons. The molecule has 0 aliphatic carbocycles. The van der Waals surface area contributed by atoms with Gasteiger partial charge in [0.1, 0.15) is 0 Å². The van der Waals surface area contributed by atoms with Gasteiger partial charge in [0, 0.05) is 19.6 Å². The van der Waals surface area contributed by atoms with Gasteiger partial charge in [-0.3, -0.25) is 4.90 Å². The lowest BCUT2D eigenvalue weighted by Crippen LogP contribution is -2.30. The first kappa shape index (κ1) is 17.8. The van der Waals surface area contributed by atoms with E-state index in [0.29, 0.717) is 0 Å². The fourth-order valence-electron chi connectivity index (χ4n) is 3.88. The van der Waals surface area contributed by atoms with Crippen LogP contribution in [0.25, 0.3) is 10.8 Å². The molecule has 1 N–H and O–H groups in total. The molecule has 4 nitrogen and oxygen atoms in total. The van der Waals surface area contributed by atoms with Crippen molar-refractivity contribution in [1.29, 1.82) is 0 Å². The molecule has 0 fully saturated rings. The van der Waals surface area contributed by atoms with Crippen LogP contribution in [-0.4, -0.2) is 30.8 Å². The van der Waals surface area contributed by atoms with E-state index in [4.69, 9.17) is 9.47 Å². The van der Waals surface area contributed by atoms with Crippen molar-refractivity contribution in [3.8, 4) is 11.5 Å². The van der Waals surface area contributed by atoms with Crippen LogP contribution in [-0.2, 0) is 26.1 Å². The summed E-state index contributed by atoms with van der Waals surface area (Å²) in [6.07, 6.45) is 1.02. The molecule has 0 amide bonds.